The van der Waals surface area contributed by atoms with E-state index in [0.29, 0.717) is 23.6 Å². The van der Waals surface area contributed by atoms with Crippen molar-refractivity contribution in [2.75, 3.05) is 6.61 Å². The van der Waals surface area contributed by atoms with E-state index in [1.54, 1.807) is 0 Å². The summed E-state index contributed by atoms with van der Waals surface area (Å²) >= 11 is 5.44. The lowest BCUT2D eigenvalue weighted by Crippen LogP contribution is -2.37. The Bertz CT molecular complexity index is 835. The Morgan fingerprint density at radius 2 is 2.18 bits per heavy atom. The first-order valence-corrected chi connectivity index (χ1v) is 10.0. The molecule has 0 spiro atoms. The van der Waals surface area contributed by atoms with Crippen molar-refractivity contribution >= 4 is 18.3 Å². The Balaban J connectivity index is 1.85. The Hall–Kier alpha value is -2.19. The van der Waals surface area contributed by atoms with Gasteiger partial charge in [0.25, 0.3) is 0 Å². The highest BCUT2D eigenvalue weighted by atomic mass is 32.1. The molecule has 2 atom stereocenters. The van der Waals surface area contributed by atoms with Gasteiger partial charge in [-0.05, 0) is 51.4 Å². The first kappa shape index (κ1) is 20.5. The Labute approximate surface area is 170 Å². The smallest absolute Gasteiger partial charge is 0.408 e. The fourth-order valence-electron chi connectivity index (χ4n) is 3.27. The number of hydrogen-bond donors (Lipinski definition) is 2. The van der Waals surface area contributed by atoms with E-state index in [0.717, 1.165) is 25.0 Å². The van der Waals surface area contributed by atoms with Crippen LogP contribution in [0.3, 0.4) is 0 Å². The third-order valence-electron chi connectivity index (χ3n) is 4.48. The SMILES string of the molecule is CC(C)(C)OC(=O)N[C@@H](Cc1ccccc1)c1n[nH]c(=S)n1CC1CCCO1. The molecule has 28 heavy (non-hydrogen) atoms. The molecule has 0 bridgehead atoms. The zero-order valence-corrected chi connectivity index (χ0v) is 17.4. The van der Waals surface area contributed by atoms with Gasteiger partial charge in [0.15, 0.2) is 10.6 Å². The monoisotopic (exact) mass is 404 g/mol. The summed E-state index contributed by atoms with van der Waals surface area (Å²) in [6.07, 6.45) is 2.25. The van der Waals surface area contributed by atoms with Gasteiger partial charge in [-0.15, -0.1) is 0 Å². The van der Waals surface area contributed by atoms with Crippen LogP contribution in [0.25, 0.3) is 0 Å². The highest BCUT2D eigenvalue weighted by Crippen LogP contribution is 2.21. The molecule has 1 amide bonds. The quantitative estimate of drug-likeness (QED) is 0.713. The lowest BCUT2D eigenvalue weighted by atomic mass is 10.1. The van der Waals surface area contributed by atoms with Crippen LogP contribution in [0.2, 0.25) is 0 Å². The summed E-state index contributed by atoms with van der Waals surface area (Å²) in [6, 6.07) is 9.58. The van der Waals surface area contributed by atoms with Gasteiger partial charge in [0.1, 0.15) is 5.60 Å². The van der Waals surface area contributed by atoms with Gasteiger partial charge in [0, 0.05) is 13.0 Å². The Kier molecular flexibility index (Phi) is 6.51. The standard InChI is InChI=1S/C20H28N4O3S/c1-20(2,3)27-19(25)21-16(12-14-8-5-4-6-9-14)17-22-23-18(28)24(17)13-15-10-7-11-26-15/h4-6,8-9,15-16H,7,10-13H2,1-3H3,(H,21,25)(H,23,28)/t15?,16-/m0/s1. The third-order valence-corrected chi connectivity index (χ3v) is 4.79. The number of rotatable bonds is 6. The number of carbonyl (C=O) groups is 1. The van der Waals surface area contributed by atoms with Crippen LogP contribution >= 0.6 is 12.2 Å². The highest BCUT2D eigenvalue weighted by Gasteiger charge is 2.26. The summed E-state index contributed by atoms with van der Waals surface area (Å²) in [6.45, 7) is 6.91. The number of aromatic nitrogens is 3. The first-order chi connectivity index (χ1) is 13.3. The molecule has 0 radical (unpaired) electrons. The highest BCUT2D eigenvalue weighted by molar-refractivity contribution is 7.71. The largest absolute Gasteiger partial charge is 0.444 e. The van der Waals surface area contributed by atoms with Gasteiger partial charge in [-0.2, -0.15) is 5.10 Å². The van der Waals surface area contributed by atoms with Crippen molar-refractivity contribution in [3.8, 4) is 0 Å². The van der Waals surface area contributed by atoms with Gasteiger partial charge in [0.2, 0.25) is 0 Å². The second-order valence-electron chi connectivity index (χ2n) is 8.02. The Morgan fingerprint density at radius 3 is 2.82 bits per heavy atom. The number of aromatic amines is 1. The molecule has 1 aliphatic heterocycles. The average Bonchev–Trinajstić information content (AvgIpc) is 3.25. The minimum Gasteiger partial charge on any atom is -0.444 e. The number of hydrogen-bond acceptors (Lipinski definition) is 5. The average molecular weight is 405 g/mol. The molecule has 1 saturated heterocycles. The summed E-state index contributed by atoms with van der Waals surface area (Å²) in [5, 5.41) is 10.3. The van der Waals surface area contributed by atoms with Gasteiger partial charge < -0.3 is 14.8 Å². The maximum absolute atomic E-state index is 12.5. The summed E-state index contributed by atoms with van der Waals surface area (Å²) < 4.78 is 13.7. The van der Waals surface area contributed by atoms with Gasteiger partial charge in [-0.1, -0.05) is 30.3 Å². The zero-order valence-electron chi connectivity index (χ0n) is 16.6. The van der Waals surface area contributed by atoms with Gasteiger partial charge in [0.05, 0.1) is 18.7 Å². The van der Waals surface area contributed by atoms with E-state index in [1.165, 1.54) is 0 Å². The number of nitrogens with zero attached hydrogens (tertiary/aromatic N) is 2. The minimum absolute atomic E-state index is 0.113. The summed E-state index contributed by atoms with van der Waals surface area (Å²) in [5.74, 6) is 0.676. The van der Waals surface area contributed by atoms with E-state index in [2.05, 4.69) is 15.5 Å². The molecule has 2 aromatic rings. The molecule has 0 aliphatic carbocycles. The predicted molar refractivity (Wildman–Crippen MR) is 109 cm³/mol. The number of nitrogens with one attached hydrogen (secondary N) is 2. The van der Waals surface area contributed by atoms with Crippen molar-refractivity contribution in [2.24, 2.45) is 0 Å². The number of ether oxygens (including phenoxy) is 2. The topological polar surface area (TPSA) is 81.2 Å². The summed E-state index contributed by atoms with van der Waals surface area (Å²) in [5.41, 5.74) is 0.505. The predicted octanol–water partition coefficient (Wildman–Crippen LogP) is 3.93. The normalized spacial score (nSPS) is 18.0. The van der Waals surface area contributed by atoms with Crippen LogP contribution in [0.4, 0.5) is 4.79 Å². The zero-order chi connectivity index (χ0) is 20.1. The van der Waals surface area contributed by atoms with Crippen molar-refractivity contribution in [3.05, 3.63) is 46.5 Å². The molecule has 1 fully saturated rings. The molecular formula is C20H28N4O3S. The van der Waals surface area contributed by atoms with Gasteiger partial charge in [-0.25, -0.2) is 4.79 Å². The first-order valence-electron chi connectivity index (χ1n) is 9.62. The van der Waals surface area contributed by atoms with Crippen LogP contribution < -0.4 is 5.32 Å². The fraction of sp³-hybridized carbons (Fsp3) is 0.550. The number of amides is 1. The molecule has 1 aromatic heterocycles. The van der Waals surface area contributed by atoms with Crippen LogP contribution in [0, 0.1) is 4.77 Å². The second-order valence-corrected chi connectivity index (χ2v) is 8.41. The molecule has 2 N–H and O–H groups in total. The molecule has 1 unspecified atom stereocenters. The molecule has 1 aliphatic rings. The maximum Gasteiger partial charge on any atom is 0.408 e. The van der Waals surface area contributed by atoms with Crippen LogP contribution in [0.15, 0.2) is 30.3 Å². The van der Waals surface area contributed by atoms with Crippen LogP contribution in [-0.4, -0.2) is 39.2 Å². The fourth-order valence-corrected chi connectivity index (χ4v) is 3.48. The maximum atomic E-state index is 12.5. The molecule has 1 aromatic carbocycles. The van der Waals surface area contributed by atoms with Crippen molar-refractivity contribution in [1.82, 2.24) is 20.1 Å². The van der Waals surface area contributed by atoms with E-state index in [-0.39, 0.29) is 12.1 Å². The van der Waals surface area contributed by atoms with E-state index < -0.39 is 11.7 Å². The summed E-state index contributed by atoms with van der Waals surface area (Å²) in [7, 11) is 0. The lowest BCUT2D eigenvalue weighted by Gasteiger charge is -2.24. The van der Waals surface area contributed by atoms with Gasteiger partial charge in [-0.3, -0.25) is 9.67 Å². The third kappa shape index (κ3) is 5.65. The molecule has 0 saturated carbocycles. The molecule has 7 nitrogen and oxygen atoms in total. The van der Waals surface area contributed by atoms with Crippen molar-refractivity contribution in [3.63, 3.8) is 0 Å². The number of alkyl carbamates (subject to hydrolysis) is 1. The minimum atomic E-state index is -0.580. The molecule has 152 valence electrons. The van der Waals surface area contributed by atoms with Crippen molar-refractivity contribution in [2.45, 2.75) is 64.3 Å². The molecule has 3 rings (SSSR count). The van der Waals surface area contributed by atoms with E-state index in [4.69, 9.17) is 21.7 Å². The lowest BCUT2D eigenvalue weighted by molar-refractivity contribution is 0.0498. The van der Waals surface area contributed by atoms with E-state index in [9.17, 15) is 4.79 Å². The second kappa shape index (κ2) is 8.87. The molecule has 2 heterocycles. The summed E-state index contributed by atoms with van der Waals surface area (Å²) in [4.78, 5) is 12.5. The van der Waals surface area contributed by atoms with Crippen LogP contribution in [0.1, 0.15) is 51.0 Å². The van der Waals surface area contributed by atoms with Gasteiger partial charge >= 0.3 is 6.09 Å². The van der Waals surface area contributed by atoms with Crippen molar-refractivity contribution in [1.29, 1.82) is 0 Å². The molecular weight excluding hydrogens is 376 g/mol. The molecule has 8 heteroatoms. The number of benzene rings is 1. The van der Waals surface area contributed by atoms with Crippen LogP contribution in [-0.2, 0) is 22.4 Å². The van der Waals surface area contributed by atoms with Crippen LogP contribution in [0.5, 0.6) is 0 Å². The van der Waals surface area contributed by atoms with E-state index in [1.807, 2.05) is 55.7 Å². The number of H-pyrrole nitrogens is 1. The Morgan fingerprint density at radius 1 is 1.43 bits per heavy atom. The van der Waals surface area contributed by atoms with Crippen molar-refractivity contribution < 1.29 is 14.3 Å². The number of carbonyl (C=O) groups excluding carboxylic acids is 1. The van der Waals surface area contributed by atoms with E-state index >= 15 is 0 Å².